The molecule has 0 aliphatic carbocycles. The van der Waals surface area contributed by atoms with Gasteiger partial charge in [-0.1, -0.05) is 0 Å². The van der Waals surface area contributed by atoms with Crippen LogP contribution in [0.15, 0.2) is 11.1 Å². The molecule has 2 aromatic rings. The van der Waals surface area contributed by atoms with Crippen molar-refractivity contribution in [3.05, 3.63) is 17.6 Å². The summed E-state index contributed by atoms with van der Waals surface area (Å²) in [5, 5.41) is 21.5. The zero-order chi connectivity index (χ0) is 11.7. The number of amides is 1. The molecule has 9 heteroatoms. The van der Waals surface area contributed by atoms with Crippen LogP contribution in [0.4, 0.5) is 0 Å². The van der Waals surface area contributed by atoms with Crippen LogP contribution in [-0.2, 0) is 6.61 Å². The topological polar surface area (TPSA) is 113 Å². The van der Waals surface area contributed by atoms with Gasteiger partial charge in [0, 0.05) is 0 Å². The van der Waals surface area contributed by atoms with Crippen LogP contribution in [0.25, 0.3) is 5.78 Å². The van der Waals surface area contributed by atoms with Gasteiger partial charge < -0.3 is 5.11 Å². The molecule has 0 unspecified atom stereocenters. The minimum atomic E-state index is -0.844. The number of fused-ring (bicyclic) bond motifs is 1. The van der Waals surface area contributed by atoms with E-state index in [-0.39, 0.29) is 18.2 Å². The molecule has 0 saturated carbocycles. The summed E-state index contributed by atoms with van der Waals surface area (Å²) >= 11 is 4.10. The van der Waals surface area contributed by atoms with Crippen LogP contribution in [0, 0.1) is 0 Å². The quantitative estimate of drug-likeness (QED) is 0.233. The first-order valence-electron chi connectivity index (χ1n) is 4.16. The van der Waals surface area contributed by atoms with Gasteiger partial charge >= 0.3 is 5.91 Å². The van der Waals surface area contributed by atoms with E-state index in [2.05, 4.69) is 27.7 Å². The molecule has 2 rings (SSSR count). The highest BCUT2D eigenvalue weighted by Gasteiger charge is 2.14. The number of nitrogens with zero attached hydrogens (tertiary/aromatic N) is 4. The van der Waals surface area contributed by atoms with Crippen molar-refractivity contribution in [2.24, 2.45) is 0 Å². The first kappa shape index (κ1) is 10.8. The van der Waals surface area contributed by atoms with Gasteiger partial charge in [-0.05, 0) is 6.07 Å². The Morgan fingerprint density at radius 2 is 2.31 bits per heavy atom. The van der Waals surface area contributed by atoms with E-state index in [0.717, 1.165) is 0 Å². The Kier molecular flexibility index (Phi) is 2.73. The molecule has 2 aromatic heterocycles. The summed E-state index contributed by atoms with van der Waals surface area (Å²) in [5.41, 5.74) is 1.77. The summed E-state index contributed by atoms with van der Waals surface area (Å²) < 4.78 is 1.22. The lowest BCUT2D eigenvalue weighted by atomic mass is 10.4. The molecular formula is C7H7N5O3S. The fourth-order valence-electron chi connectivity index (χ4n) is 1.13. The van der Waals surface area contributed by atoms with E-state index in [4.69, 9.17) is 10.3 Å². The summed E-state index contributed by atoms with van der Waals surface area (Å²) in [6, 6.07) is 1.49. The average Bonchev–Trinajstić information content (AvgIpc) is 2.72. The number of thiol groups is 1. The summed E-state index contributed by atoms with van der Waals surface area (Å²) in [5.74, 6) is -0.959. The van der Waals surface area contributed by atoms with Gasteiger partial charge in [-0.15, -0.1) is 17.7 Å². The third-order valence-corrected chi connectivity index (χ3v) is 2.13. The minimum absolute atomic E-state index is 0.121. The van der Waals surface area contributed by atoms with Gasteiger partial charge in [0.15, 0.2) is 0 Å². The number of hydrogen-bond donors (Lipinski definition) is 4. The maximum Gasteiger partial charge on any atom is 0.314 e. The van der Waals surface area contributed by atoms with Crippen LogP contribution in [0.5, 0.6) is 0 Å². The Labute approximate surface area is 94.3 Å². The Bertz CT molecular complexity index is 554. The lowest BCUT2D eigenvalue weighted by Gasteiger charge is -1.98. The van der Waals surface area contributed by atoms with Crippen molar-refractivity contribution in [3.63, 3.8) is 0 Å². The number of aliphatic hydroxyl groups is 1. The Morgan fingerprint density at radius 3 is 2.94 bits per heavy atom. The molecule has 0 fully saturated rings. The summed E-state index contributed by atoms with van der Waals surface area (Å²) in [6.07, 6.45) is 0. The maximum atomic E-state index is 11.0. The highest BCUT2D eigenvalue weighted by atomic mass is 32.1. The van der Waals surface area contributed by atoms with Crippen molar-refractivity contribution >= 4 is 24.3 Å². The second kappa shape index (κ2) is 4.04. The fraction of sp³-hybridized carbons (Fsp3) is 0.143. The SMILES string of the molecule is O=C(NO)c1nc2nc(CO)cc(S)n2n1. The van der Waals surface area contributed by atoms with E-state index >= 15 is 0 Å². The van der Waals surface area contributed by atoms with Crippen molar-refractivity contribution in [2.45, 2.75) is 11.6 Å². The number of aromatic nitrogens is 4. The highest BCUT2D eigenvalue weighted by Crippen LogP contribution is 2.10. The van der Waals surface area contributed by atoms with E-state index in [9.17, 15) is 4.79 Å². The predicted octanol–water partition coefficient (Wildman–Crippen LogP) is -0.976. The van der Waals surface area contributed by atoms with Crippen LogP contribution in [0.1, 0.15) is 16.3 Å². The average molecular weight is 241 g/mol. The highest BCUT2D eigenvalue weighted by molar-refractivity contribution is 7.80. The maximum absolute atomic E-state index is 11.0. The molecule has 0 saturated heterocycles. The van der Waals surface area contributed by atoms with Crippen LogP contribution >= 0.6 is 12.6 Å². The zero-order valence-electron chi connectivity index (χ0n) is 7.82. The largest absolute Gasteiger partial charge is 0.390 e. The van der Waals surface area contributed by atoms with Gasteiger partial charge in [0.2, 0.25) is 5.82 Å². The van der Waals surface area contributed by atoms with Crippen molar-refractivity contribution in [1.82, 2.24) is 25.1 Å². The number of carbonyl (C=O) groups is 1. The first-order chi connectivity index (χ1) is 7.65. The number of carbonyl (C=O) groups excluding carboxylic acids is 1. The Hall–Kier alpha value is -1.71. The number of hydrogen-bond acceptors (Lipinski definition) is 7. The van der Waals surface area contributed by atoms with Gasteiger partial charge in [-0.3, -0.25) is 10.0 Å². The van der Waals surface area contributed by atoms with E-state index in [1.54, 1.807) is 0 Å². The van der Waals surface area contributed by atoms with E-state index in [0.29, 0.717) is 10.7 Å². The number of hydroxylamine groups is 1. The van der Waals surface area contributed by atoms with Crippen molar-refractivity contribution in [2.75, 3.05) is 0 Å². The molecule has 0 spiro atoms. The normalized spacial score (nSPS) is 10.7. The second-order valence-electron chi connectivity index (χ2n) is 2.85. The van der Waals surface area contributed by atoms with Gasteiger partial charge in [-0.25, -0.2) is 10.5 Å². The van der Waals surface area contributed by atoms with E-state index in [1.807, 2.05) is 0 Å². The Morgan fingerprint density at radius 1 is 1.56 bits per heavy atom. The minimum Gasteiger partial charge on any atom is -0.390 e. The standard InChI is InChI=1S/C7H7N5O3S/c13-2-3-1-4(16)12-7(8-3)9-5(10-12)6(14)11-15/h1,13,15-16H,2H2,(H,11,14). The molecule has 1 amide bonds. The lowest BCUT2D eigenvalue weighted by molar-refractivity contribution is 0.0695. The molecule has 0 aliphatic rings. The third-order valence-electron chi connectivity index (χ3n) is 1.81. The number of rotatable bonds is 2. The summed E-state index contributed by atoms with van der Waals surface area (Å²) in [4.78, 5) is 18.7. The van der Waals surface area contributed by atoms with Gasteiger partial charge in [-0.2, -0.15) is 9.50 Å². The van der Waals surface area contributed by atoms with Gasteiger partial charge in [0.25, 0.3) is 5.78 Å². The van der Waals surface area contributed by atoms with Crippen molar-refractivity contribution in [1.29, 1.82) is 0 Å². The molecule has 0 bridgehead atoms. The summed E-state index contributed by atoms with van der Waals surface area (Å²) in [7, 11) is 0. The third kappa shape index (κ3) is 1.71. The fourth-order valence-corrected chi connectivity index (χ4v) is 1.41. The smallest absolute Gasteiger partial charge is 0.314 e. The Balaban J connectivity index is 2.61. The molecule has 0 atom stereocenters. The predicted molar refractivity (Wildman–Crippen MR) is 53.2 cm³/mol. The van der Waals surface area contributed by atoms with Crippen LogP contribution in [-0.4, -0.2) is 35.8 Å². The molecule has 0 radical (unpaired) electrons. The molecule has 0 aromatic carbocycles. The molecule has 16 heavy (non-hydrogen) atoms. The first-order valence-corrected chi connectivity index (χ1v) is 4.61. The lowest BCUT2D eigenvalue weighted by Crippen LogP contribution is -2.20. The van der Waals surface area contributed by atoms with Crippen molar-refractivity contribution in [3.8, 4) is 0 Å². The van der Waals surface area contributed by atoms with E-state index in [1.165, 1.54) is 16.1 Å². The van der Waals surface area contributed by atoms with Gasteiger partial charge in [0.05, 0.1) is 12.3 Å². The number of nitrogens with one attached hydrogen (secondary N) is 1. The second-order valence-corrected chi connectivity index (χ2v) is 3.31. The zero-order valence-corrected chi connectivity index (χ0v) is 8.72. The summed E-state index contributed by atoms with van der Waals surface area (Å²) in [6.45, 7) is -0.265. The number of aliphatic hydroxyl groups excluding tert-OH is 1. The van der Waals surface area contributed by atoms with Gasteiger partial charge in [0.1, 0.15) is 5.03 Å². The molecule has 0 aliphatic heterocycles. The molecule has 8 nitrogen and oxygen atoms in total. The van der Waals surface area contributed by atoms with Crippen LogP contribution in [0.2, 0.25) is 0 Å². The molecule has 3 N–H and O–H groups in total. The van der Waals surface area contributed by atoms with Crippen LogP contribution < -0.4 is 5.48 Å². The monoisotopic (exact) mass is 241 g/mol. The molecule has 84 valence electrons. The van der Waals surface area contributed by atoms with E-state index < -0.39 is 5.91 Å². The van der Waals surface area contributed by atoms with Crippen LogP contribution in [0.3, 0.4) is 0 Å². The van der Waals surface area contributed by atoms with Crippen molar-refractivity contribution < 1.29 is 15.1 Å². The molecular weight excluding hydrogens is 234 g/mol. The molecule has 2 heterocycles.